The van der Waals surface area contributed by atoms with E-state index >= 15 is 0 Å². The summed E-state index contributed by atoms with van der Waals surface area (Å²) in [7, 11) is -3.64. The van der Waals surface area contributed by atoms with E-state index in [1.54, 1.807) is 4.67 Å². The Hall–Kier alpha value is -2.44. The van der Waals surface area contributed by atoms with Crippen molar-refractivity contribution in [1.29, 1.82) is 0 Å². The van der Waals surface area contributed by atoms with Gasteiger partial charge in [-0.25, -0.2) is 4.79 Å². The number of carbonyl (C=O) groups is 1. The highest BCUT2D eigenvalue weighted by atomic mass is 32.1. The second-order valence-corrected chi connectivity index (χ2v) is 12.7. The summed E-state index contributed by atoms with van der Waals surface area (Å²) < 4.78 is 28.4. The Morgan fingerprint density at radius 1 is 1.08 bits per heavy atom. The van der Waals surface area contributed by atoms with E-state index in [1.165, 1.54) is 11.3 Å². The van der Waals surface area contributed by atoms with Crippen molar-refractivity contribution in [3.63, 3.8) is 0 Å². The summed E-state index contributed by atoms with van der Waals surface area (Å²) in [5.74, 6) is -0.823. The molecule has 1 aliphatic rings. The first-order valence-corrected chi connectivity index (χ1v) is 14.7. The molecule has 0 spiro atoms. The van der Waals surface area contributed by atoms with Crippen LogP contribution >= 0.6 is 18.9 Å². The van der Waals surface area contributed by atoms with E-state index in [0.717, 1.165) is 40.0 Å². The van der Waals surface area contributed by atoms with Crippen LogP contribution in [0.1, 0.15) is 46.1 Å². The Balaban J connectivity index is 1.90. The van der Waals surface area contributed by atoms with E-state index in [4.69, 9.17) is 9.26 Å². The molecule has 1 aromatic heterocycles. The lowest BCUT2D eigenvalue weighted by Crippen LogP contribution is -2.35. The fraction of sp³-hybridized carbons (Fsp3) is 0.393. The molecule has 1 saturated heterocycles. The van der Waals surface area contributed by atoms with Crippen LogP contribution in [0.5, 0.6) is 0 Å². The number of ether oxygens (including phenoxy) is 1. The third-order valence-corrected chi connectivity index (χ3v) is 10.5. The summed E-state index contributed by atoms with van der Waals surface area (Å²) in [4.78, 5) is 13.5. The molecule has 1 N–H and O–H groups in total. The van der Waals surface area contributed by atoms with Crippen molar-refractivity contribution in [2.45, 2.75) is 40.5 Å². The minimum atomic E-state index is -3.64. The van der Waals surface area contributed by atoms with Crippen molar-refractivity contribution in [2.75, 3.05) is 31.0 Å². The van der Waals surface area contributed by atoms with Gasteiger partial charge >= 0.3 is 13.5 Å². The van der Waals surface area contributed by atoms with Crippen molar-refractivity contribution < 1.29 is 23.7 Å². The van der Waals surface area contributed by atoms with Gasteiger partial charge in [-0.3, -0.25) is 9.24 Å². The molecule has 0 radical (unpaired) electrons. The molecule has 4 rings (SSSR count). The average Bonchev–Trinajstić information content (AvgIpc) is 3.29. The van der Waals surface area contributed by atoms with Crippen LogP contribution in [0.25, 0.3) is 10.4 Å². The average molecular weight is 528 g/mol. The van der Waals surface area contributed by atoms with Crippen molar-refractivity contribution in [2.24, 2.45) is 5.92 Å². The van der Waals surface area contributed by atoms with Crippen LogP contribution in [0.3, 0.4) is 0 Å². The normalized spacial score (nSPS) is 16.0. The van der Waals surface area contributed by atoms with Crippen molar-refractivity contribution in [1.82, 2.24) is 0 Å². The fourth-order valence-electron chi connectivity index (χ4n) is 4.67. The highest BCUT2D eigenvalue weighted by molar-refractivity contribution is 7.68. The number of hydrogen-bond acceptors (Lipinski definition) is 5. The number of thiophene rings is 1. The minimum absolute atomic E-state index is 0.169. The Morgan fingerprint density at radius 3 is 2.36 bits per heavy atom. The standard InChI is InChI=1S/C28H34NO5PS/c1-5-34-35(32,25-11-8-20(3)16-21(25)4)29(18-22-12-14-33-15-13-22)24-17-26(36-27(24)28(30)31)23-9-6-19(2)7-10-23/h6-11,16-17,22H,5,12-15,18H2,1-4H3,(H,30,31). The summed E-state index contributed by atoms with van der Waals surface area (Å²) in [6.07, 6.45) is 1.65. The molecule has 36 heavy (non-hydrogen) atoms. The first-order chi connectivity index (χ1) is 17.2. The smallest absolute Gasteiger partial charge is 0.348 e. The monoisotopic (exact) mass is 527 g/mol. The maximum Gasteiger partial charge on any atom is 0.348 e. The summed E-state index contributed by atoms with van der Waals surface area (Å²) >= 11 is 1.21. The van der Waals surface area contributed by atoms with Crippen molar-refractivity contribution in [3.05, 3.63) is 70.1 Å². The quantitative estimate of drug-likeness (QED) is 0.308. The molecule has 0 aliphatic carbocycles. The lowest BCUT2D eigenvalue weighted by atomic mass is 10.0. The molecule has 192 valence electrons. The number of aryl methyl sites for hydroxylation is 3. The number of aromatic carboxylic acids is 1. The van der Waals surface area contributed by atoms with Gasteiger partial charge in [-0.05, 0) is 69.7 Å². The van der Waals surface area contributed by atoms with Crippen LogP contribution in [0.2, 0.25) is 0 Å². The van der Waals surface area contributed by atoms with Gasteiger partial charge in [-0.1, -0.05) is 47.5 Å². The zero-order valence-corrected chi connectivity index (χ0v) is 23.0. The Bertz CT molecular complexity index is 1260. The van der Waals surface area contributed by atoms with Crippen LogP contribution in [-0.2, 0) is 13.8 Å². The van der Waals surface area contributed by atoms with E-state index < -0.39 is 13.5 Å². The number of hydrogen-bond donors (Lipinski definition) is 1. The molecule has 2 aromatic carbocycles. The molecule has 1 aliphatic heterocycles. The predicted octanol–water partition coefficient (Wildman–Crippen LogP) is 6.83. The molecule has 1 atom stereocenters. The van der Waals surface area contributed by atoms with Gasteiger partial charge in [-0.2, -0.15) is 0 Å². The van der Waals surface area contributed by atoms with E-state index in [0.29, 0.717) is 30.8 Å². The van der Waals surface area contributed by atoms with Gasteiger partial charge in [0.2, 0.25) is 0 Å². The first kappa shape index (κ1) is 26.6. The molecule has 1 unspecified atom stereocenters. The van der Waals surface area contributed by atoms with Crippen LogP contribution in [0.15, 0.2) is 48.5 Å². The van der Waals surface area contributed by atoms with Crippen molar-refractivity contribution in [3.8, 4) is 10.4 Å². The third-order valence-electron chi connectivity index (χ3n) is 6.57. The second-order valence-electron chi connectivity index (χ2n) is 9.36. The summed E-state index contributed by atoms with van der Waals surface area (Å²) in [5.41, 5.74) is 4.45. The van der Waals surface area contributed by atoms with Gasteiger partial charge in [0.05, 0.1) is 17.6 Å². The molecule has 1 fully saturated rings. The largest absolute Gasteiger partial charge is 0.477 e. The molecule has 2 heterocycles. The molecule has 8 heteroatoms. The minimum Gasteiger partial charge on any atom is -0.477 e. The number of nitrogens with zero attached hydrogens (tertiary/aromatic N) is 1. The second kappa shape index (κ2) is 11.3. The van der Waals surface area contributed by atoms with Crippen LogP contribution < -0.4 is 9.97 Å². The number of carboxylic acid groups (broad SMARTS) is 1. The summed E-state index contributed by atoms with van der Waals surface area (Å²) in [6.45, 7) is 9.73. The SMILES string of the molecule is CCOP(=O)(c1ccc(C)cc1C)N(CC1CCOCC1)c1cc(-c2ccc(C)cc2)sc1C(=O)O. The Kier molecular flexibility index (Phi) is 8.36. The van der Waals surface area contributed by atoms with Crippen LogP contribution in [0, 0.1) is 26.7 Å². The molecular formula is C28H34NO5PS. The fourth-order valence-corrected chi connectivity index (χ4v) is 8.30. The zero-order chi connectivity index (χ0) is 25.9. The number of anilines is 1. The molecule has 0 saturated carbocycles. The predicted molar refractivity (Wildman–Crippen MR) is 147 cm³/mol. The lowest BCUT2D eigenvalue weighted by Gasteiger charge is -2.37. The zero-order valence-electron chi connectivity index (χ0n) is 21.3. The Morgan fingerprint density at radius 2 is 1.75 bits per heavy atom. The first-order valence-electron chi connectivity index (χ1n) is 12.3. The molecular weight excluding hydrogens is 493 g/mol. The molecule has 6 nitrogen and oxygen atoms in total. The van der Waals surface area contributed by atoms with Crippen LogP contribution in [-0.4, -0.2) is 37.4 Å². The molecule has 0 bridgehead atoms. The van der Waals surface area contributed by atoms with Gasteiger partial charge < -0.3 is 14.4 Å². The van der Waals surface area contributed by atoms with E-state index in [2.05, 4.69) is 0 Å². The number of benzene rings is 2. The number of carboxylic acids is 1. The number of rotatable bonds is 9. The van der Waals surface area contributed by atoms with Gasteiger partial charge in [0, 0.05) is 24.6 Å². The Labute approximate surface area is 217 Å². The van der Waals surface area contributed by atoms with Gasteiger partial charge in [-0.15, -0.1) is 11.3 Å². The maximum atomic E-state index is 15.0. The van der Waals surface area contributed by atoms with Crippen LogP contribution in [0.4, 0.5) is 5.69 Å². The maximum absolute atomic E-state index is 15.0. The van der Waals surface area contributed by atoms with E-state index in [9.17, 15) is 14.5 Å². The van der Waals surface area contributed by atoms with Crippen molar-refractivity contribution >= 4 is 35.8 Å². The highest BCUT2D eigenvalue weighted by Crippen LogP contribution is 2.56. The van der Waals surface area contributed by atoms with Gasteiger partial charge in [0.1, 0.15) is 4.88 Å². The molecule has 3 aromatic rings. The lowest BCUT2D eigenvalue weighted by molar-refractivity contribution is 0.0683. The summed E-state index contributed by atoms with van der Waals surface area (Å²) in [6, 6.07) is 15.7. The van der Waals surface area contributed by atoms with E-state index in [1.807, 2.05) is 76.2 Å². The van der Waals surface area contributed by atoms with Gasteiger partial charge in [0.25, 0.3) is 0 Å². The summed E-state index contributed by atoms with van der Waals surface area (Å²) in [5, 5.41) is 10.8. The highest BCUT2D eigenvalue weighted by Gasteiger charge is 2.40. The third kappa shape index (κ3) is 5.60. The molecule has 0 amide bonds. The van der Waals surface area contributed by atoms with Gasteiger partial charge in [0.15, 0.2) is 0 Å². The van der Waals surface area contributed by atoms with E-state index in [-0.39, 0.29) is 17.4 Å². The topological polar surface area (TPSA) is 76.1 Å².